The summed E-state index contributed by atoms with van der Waals surface area (Å²) in [5, 5.41) is 0. The molecule has 2 heterocycles. The maximum absolute atomic E-state index is 12.5. The van der Waals surface area contributed by atoms with Crippen molar-refractivity contribution in [1.29, 1.82) is 0 Å². The Morgan fingerprint density at radius 2 is 1.96 bits per heavy atom. The minimum absolute atomic E-state index is 0.0701. The first kappa shape index (κ1) is 19.3. The number of rotatable bonds is 2. The van der Waals surface area contributed by atoms with Crippen molar-refractivity contribution in [1.82, 2.24) is 14.9 Å². The lowest BCUT2D eigenvalue weighted by atomic mass is 10.2. The maximum atomic E-state index is 12.5. The molecule has 1 aliphatic heterocycles. The van der Waals surface area contributed by atoms with Crippen molar-refractivity contribution < 1.29 is 22.7 Å². The van der Waals surface area contributed by atoms with Gasteiger partial charge in [0.1, 0.15) is 17.7 Å². The number of aromatic nitrogens is 2. The van der Waals surface area contributed by atoms with E-state index in [-0.39, 0.29) is 17.8 Å². The number of hydrogen-bond acceptors (Lipinski definition) is 5. The third kappa shape index (κ3) is 5.75. The first-order valence-electron chi connectivity index (χ1n) is 8.07. The molecule has 0 bridgehead atoms. The molecule has 1 saturated heterocycles. The van der Waals surface area contributed by atoms with Crippen LogP contribution < -0.4 is 4.90 Å². The number of piperazine rings is 1. The van der Waals surface area contributed by atoms with Crippen LogP contribution in [0.25, 0.3) is 0 Å². The molecular formula is C16H23F3N4O2. The Labute approximate surface area is 145 Å². The van der Waals surface area contributed by atoms with Crippen LogP contribution in [0.5, 0.6) is 0 Å². The van der Waals surface area contributed by atoms with Crippen molar-refractivity contribution in [3.05, 3.63) is 18.1 Å². The van der Waals surface area contributed by atoms with E-state index in [0.717, 1.165) is 6.33 Å². The van der Waals surface area contributed by atoms with Crippen molar-refractivity contribution in [2.45, 2.75) is 51.9 Å². The highest BCUT2D eigenvalue weighted by Gasteiger charge is 2.32. The molecule has 0 saturated carbocycles. The molecule has 0 aliphatic carbocycles. The second-order valence-corrected chi connectivity index (χ2v) is 7.13. The van der Waals surface area contributed by atoms with Crippen molar-refractivity contribution in [2.75, 3.05) is 24.5 Å². The lowest BCUT2D eigenvalue weighted by Crippen LogP contribution is -2.54. The van der Waals surface area contributed by atoms with Crippen LogP contribution in [0, 0.1) is 0 Å². The molecule has 0 spiro atoms. The van der Waals surface area contributed by atoms with E-state index in [1.165, 1.54) is 6.07 Å². The van der Waals surface area contributed by atoms with E-state index in [0.29, 0.717) is 25.5 Å². The predicted octanol–water partition coefficient (Wildman–Crippen LogP) is 3.03. The van der Waals surface area contributed by atoms with Gasteiger partial charge in [0.15, 0.2) is 0 Å². The Hall–Kier alpha value is -2.06. The number of hydrogen-bond donors (Lipinski definition) is 0. The highest BCUT2D eigenvalue weighted by Crippen LogP contribution is 2.24. The van der Waals surface area contributed by atoms with Gasteiger partial charge < -0.3 is 14.5 Å². The zero-order valence-corrected chi connectivity index (χ0v) is 14.8. The number of amides is 1. The molecular weight excluding hydrogens is 337 g/mol. The summed E-state index contributed by atoms with van der Waals surface area (Å²) in [6, 6.07) is 1.25. The van der Waals surface area contributed by atoms with Gasteiger partial charge in [-0.2, -0.15) is 13.2 Å². The lowest BCUT2D eigenvalue weighted by molar-refractivity contribution is -0.127. The van der Waals surface area contributed by atoms with E-state index < -0.39 is 18.2 Å². The normalized spacial score (nSPS) is 19.1. The smallest absolute Gasteiger partial charge is 0.410 e. The third-order valence-electron chi connectivity index (χ3n) is 3.66. The summed E-state index contributed by atoms with van der Waals surface area (Å²) in [6.07, 6.45) is -4.65. The standard InChI is InChI=1S/C16H23F3N4O2/c1-11-9-22(14(24)25-15(2,3)4)5-6-23(11)13-7-12(20-10-21-13)8-16(17,18)19/h7,10-11H,5-6,8-9H2,1-4H3/t11-/m1/s1. The Balaban J connectivity index is 2.04. The van der Waals surface area contributed by atoms with Crippen LogP contribution in [0.1, 0.15) is 33.4 Å². The van der Waals surface area contributed by atoms with Crippen molar-refractivity contribution in [3.8, 4) is 0 Å². The Kier molecular flexibility index (Phi) is 5.43. The van der Waals surface area contributed by atoms with E-state index in [4.69, 9.17) is 4.74 Å². The molecule has 25 heavy (non-hydrogen) atoms. The predicted molar refractivity (Wildman–Crippen MR) is 86.4 cm³/mol. The lowest BCUT2D eigenvalue weighted by Gasteiger charge is -2.40. The second kappa shape index (κ2) is 7.05. The zero-order valence-electron chi connectivity index (χ0n) is 14.8. The topological polar surface area (TPSA) is 58.6 Å². The number of alkyl halides is 3. The minimum atomic E-state index is -4.31. The van der Waals surface area contributed by atoms with Gasteiger partial charge >= 0.3 is 12.3 Å². The fourth-order valence-electron chi connectivity index (χ4n) is 2.64. The summed E-state index contributed by atoms with van der Waals surface area (Å²) in [7, 11) is 0. The number of ether oxygens (including phenoxy) is 1. The summed E-state index contributed by atoms with van der Waals surface area (Å²) < 4.78 is 43.0. The van der Waals surface area contributed by atoms with E-state index in [9.17, 15) is 18.0 Å². The molecule has 6 nitrogen and oxygen atoms in total. The van der Waals surface area contributed by atoms with Gasteiger partial charge in [-0.15, -0.1) is 0 Å². The van der Waals surface area contributed by atoms with Gasteiger partial charge in [0, 0.05) is 31.7 Å². The largest absolute Gasteiger partial charge is 0.444 e. The van der Waals surface area contributed by atoms with Gasteiger partial charge in [-0.1, -0.05) is 0 Å². The number of carbonyl (C=O) groups excluding carboxylic acids is 1. The first-order valence-corrected chi connectivity index (χ1v) is 8.07. The van der Waals surface area contributed by atoms with Gasteiger partial charge in [0.25, 0.3) is 0 Å². The first-order chi connectivity index (χ1) is 11.4. The number of anilines is 1. The highest BCUT2D eigenvalue weighted by molar-refractivity contribution is 5.68. The maximum Gasteiger partial charge on any atom is 0.410 e. The van der Waals surface area contributed by atoms with Crippen molar-refractivity contribution in [3.63, 3.8) is 0 Å². The van der Waals surface area contributed by atoms with Crippen LogP contribution in [0.4, 0.5) is 23.8 Å². The average molecular weight is 360 g/mol. The summed E-state index contributed by atoms with van der Waals surface area (Å²) in [6.45, 7) is 8.57. The molecule has 2 rings (SSSR count). The highest BCUT2D eigenvalue weighted by atomic mass is 19.4. The van der Waals surface area contributed by atoms with E-state index in [2.05, 4.69) is 9.97 Å². The Morgan fingerprint density at radius 3 is 2.52 bits per heavy atom. The SMILES string of the molecule is C[C@@H]1CN(C(=O)OC(C)(C)C)CCN1c1cc(CC(F)(F)F)ncn1. The number of halogens is 3. The van der Waals surface area contributed by atoms with Gasteiger partial charge in [-0.3, -0.25) is 0 Å². The molecule has 1 aromatic rings. The van der Waals surface area contributed by atoms with Crippen molar-refractivity contribution >= 4 is 11.9 Å². The zero-order chi connectivity index (χ0) is 18.8. The molecule has 0 N–H and O–H groups in total. The Bertz CT molecular complexity index is 616. The molecule has 1 aromatic heterocycles. The average Bonchev–Trinajstić information content (AvgIpc) is 2.43. The molecule has 1 fully saturated rings. The van der Waals surface area contributed by atoms with Crippen LogP contribution in [0.3, 0.4) is 0 Å². The molecule has 1 aliphatic rings. The quantitative estimate of drug-likeness (QED) is 0.811. The van der Waals surface area contributed by atoms with Crippen molar-refractivity contribution in [2.24, 2.45) is 0 Å². The number of carbonyl (C=O) groups is 1. The molecule has 1 atom stereocenters. The monoisotopic (exact) mass is 360 g/mol. The summed E-state index contributed by atoms with van der Waals surface area (Å²) in [4.78, 5) is 23.4. The fourth-order valence-corrected chi connectivity index (χ4v) is 2.64. The molecule has 0 radical (unpaired) electrons. The second-order valence-electron chi connectivity index (χ2n) is 7.13. The van der Waals surface area contributed by atoms with Crippen LogP contribution in [-0.4, -0.2) is 58.4 Å². The van der Waals surface area contributed by atoms with Crippen LogP contribution >= 0.6 is 0 Å². The number of nitrogens with zero attached hydrogens (tertiary/aromatic N) is 4. The minimum Gasteiger partial charge on any atom is -0.444 e. The van der Waals surface area contributed by atoms with Crippen LogP contribution in [0.15, 0.2) is 12.4 Å². The molecule has 0 unspecified atom stereocenters. The van der Waals surface area contributed by atoms with Gasteiger partial charge in [0.05, 0.1) is 12.1 Å². The molecule has 0 aromatic carbocycles. The third-order valence-corrected chi connectivity index (χ3v) is 3.66. The summed E-state index contributed by atoms with van der Waals surface area (Å²) in [5.41, 5.74) is -0.643. The van der Waals surface area contributed by atoms with E-state index in [1.807, 2.05) is 11.8 Å². The van der Waals surface area contributed by atoms with Crippen LogP contribution in [-0.2, 0) is 11.2 Å². The van der Waals surface area contributed by atoms with Gasteiger partial charge in [0.2, 0.25) is 0 Å². The fraction of sp³-hybridized carbons (Fsp3) is 0.688. The summed E-state index contributed by atoms with van der Waals surface area (Å²) in [5.74, 6) is 0.436. The van der Waals surface area contributed by atoms with Crippen LogP contribution in [0.2, 0.25) is 0 Å². The Morgan fingerprint density at radius 1 is 1.28 bits per heavy atom. The summed E-state index contributed by atoms with van der Waals surface area (Å²) >= 11 is 0. The van der Waals surface area contributed by atoms with Gasteiger partial charge in [-0.25, -0.2) is 14.8 Å². The molecule has 1 amide bonds. The van der Waals surface area contributed by atoms with Gasteiger partial charge in [-0.05, 0) is 27.7 Å². The molecule has 140 valence electrons. The molecule has 9 heteroatoms. The van der Waals surface area contributed by atoms with E-state index in [1.54, 1.807) is 25.7 Å². The van der Waals surface area contributed by atoms with E-state index >= 15 is 0 Å².